The molecule has 0 atom stereocenters. The minimum atomic E-state index is -3.63. The van der Waals surface area contributed by atoms with E-state index in [4.69, 9.17) is 0 Å². The van der Waals surface area contributed by atoms with Crippen molar-refractivity contribution >= 4 is 38.4 Å². The number of aromatic nitrogens is 1. The minimum absolute atomic E-state index is 0.240. The average Bonchev–Trinajstić information content (AvgIpc) is 2.58. The summed E-state index contributed by atoms with van der Waals surface area (Å²) < 4.78 is 29.3. The molecule has 0 radical (unpaired) electrons. The Bertz CT molecular complexity index is 869. The van der Waals surface area contributed by atoms with Gasteiger partial charge in [-0.05, 0) is 18.2 Å². The zero-order valence-electron chi connectivity index (χ0n) is 11.8. The number of pyridine rings is 1. The Labute approximate surface area is 139 Å². The molecule has 0 spiro atoms. The SMILES string of the molecule is O=C(Nc1ccc(Br)c2cccnc12)C(F)(F)c1ccccc1. The van der Waals surface area contributed by atoms with Gasteiger partial charge in [0.15, 0.2) is 0 Å². The molecule has 2 aromatic carbocycles. The van der Waals surface area contributed by atoms with Crippen LogP contribution < -0.4 is 5.32 Å². The van der Waals surface area contributed by atoms with E-state index in [0.717, 1.165) is 9.86 Å². The molecule has 1 heterocycles. The second kappa shape index (κ2) is 6.04. The predicted octanol–water partition coefficient (Wildman–Crippen LogP) is 4.73. The first kappa shape index (κ1) is 15.6. The van der Waals surface area contributed by atoms with E-state index in [1.807, 2.05) is 0 Å². The highest BCUT2D eigenvalue weighted by atomic mass is 79.9. The van der Waals surface area contributed by atoms with E-state index < -0.39 is 11.8 Å². The van der Waals surface area contributed by atoms with Gasteiger partial charge in [0.1, 0.15) is 0 Å². The third kappa shape index (κ3) is 2.94. The summed E-state index contributed by atoms with van der Waals surface area (Å²) in [4.78, 5) is 16.2. The van der Waals surface area contributed by atoms with Crippen LogP contribution in [0.15, 0.2) is 65.3 Å². The molecule has 0 fully saturated rings. The molecule has 0 aliphatic rings. The van der Waals surface area contributed by atoms with Crippen LogP contribution in [0.4, 0.5) is 14.5 Å². The van der Waals surface area contributed by atoms with Crippen LogP contribution in [0.1, 0.15) is 5.56 Å². The fourth-order valence-corrected chi connectivity index (χ4v) is 2.67. The van der Waals surface area contributed by atoms with E-state index in [1.165, 1.54) is 24.3 Å². The molecule has 3 aromatic rings. The highest BCUT2D eigenvalue weighted by Gasteiger charge is 2.40. The van der Waals surface area contributed by atoms with Crippen molar-refractivity contribution in [3.05, 3.63) is 70.8 Å². The van der Waals surface area contributed by atoms with Gasteiger partial charge in [-0.2, -0.15) is 8.78 Å². The molecule has 23 heavy (non-hydrogen) atoms. The fraction of sp³-hybridized carbons (Fsp3) is 0.0588. The first-order valence-corrected chi connectivity index (χ1v) is 7.57. The number of benzene rings is 2. The van der Waals surface area contributed by atoms with Crippen LogP contribution in [0.5, 0.6) is 0 Å². The monoisotopic (exact) mass is 376 g/mol. The van der Waals surface area contributed by atoms with Crippen molar-refractivity contribution in [3.8, 4) is 0 Å². The Morgan fingerprint density at radius 3 is 2.52 bits per heavy atom. The maximum absolute atomic E-state index is 14.3. The molecular weight excluding hydrogens is 366 g/mol. The number of carbonyl (C=O) groups excluding carboxylic acids is 1. The first-order valence-electron chi connectivity index (χ1n) is 6.78. The van der Waals surface area contributed by atoms with Gasteiger partial charge < -0.3 is 5.32 Å². The van der Waals surface area contributed by atoms with Crippen molar-refractivity contribution in [1.82, 2.24) is 4.98 Å². The number of rotatable bonds is 3. The number of anilines is 1. The molecule has 0 saturated carbocycles. The first-order chi connectivity index (χ1) is 11.0. The van der Waals surface area contributed by atoms with Crippen molar-refractivity contribution in [2.24, 2.45) is 0 Å². The molecule has 0 bridgehead atoms. The van der Waals surface area contributed by atoms with Crippen LogP contribution in [0.25, 0.3) is 10.9 Å². The van der Waals surface area contributed by atoms with E-state index in [9.17, 15) is 13.6 Å². The molecule has 0 unspecified atom stereocenters. The number of nitrogens with one attached hydrogen (secondary N) is 1. The topological polar surface area (TPSA) is 42.0 Å². The second-order valence-corrected chi connectivity index (χ2v) is 5.74. The maximum Gasteiger partial charge on any atom is 0.350 e. The third-order valence-corrected chi connectivity index (χ3v) is 4.08. The molecule has 1 amide bonds. The Morgan fingerprint density at radius 1 is 1.04 bits per heavy atom. The smallest absolute Gasteiger partial charge is 0.319 e. The minimum Gasteiger partial charge on any atom is -0.319 e. The lowest BCUT2D eigenvalue weighted by Gasteiger charge is -2.17. The van der Waals surface area contributed by atoms with Crippen LogP contribution in [-0.4, -0.2) is 10.9 Å². The Hall–Kier alpha value is -2.34. The molecule has 116 valence electrons. The summed E-state index contributed by atoms with van der Waals surface area (Å²) in [6.07, 6.45) is 1.54. The van der Waals surface area contributed by atoms with Gasteiger partial charge in [-0.3, -0.25) is 9.78 Å². The van der Waals surface area contributed by atoms with E-state index in [1.54, 1.807) is 36.5 Å². The van der Waals surface area contributed by atoms with Crippen LogP contribution in [0, 0.1) is 0 Å². The Balaban J connectivity index is 1.96. The molecular formula is C17H11BrF2N2O. The number of nitrogens with zero attached hydrogens (tertiary/aromatic N) is 1. The van der Waals surface area contributed by atoms with Gasteiger partial charge >= 0.3 is 5.92 Å². The summed E-state index contributed by atoms with van der Waals surface area (Å²) in [7, 11) is 0. The van der Waals surface area contributed by atoms with Gasteiger partial charge in [-0.25, -0.2) is 0 Å². The van der Waals surface area contributed by atoms with Gasteiger partial charge in [-0.1, -0.05) is 52.3 Å². The summed E-state index contributed by atoms with van der Waals surface area (Å²) in [6.45, 7) is 0. The fourth-order valence-electron chi connectivity index (χ4n) is 2.22. The molecule has 3 rings (SSSR count). The molecule has 0 aliphatic carbocycles. The normalized spacial score (nSPS) is 11.4. The van der Waals surface area contributed by atoms with Gasteiger partial charge in [0.2, 0.25) is 0 Å². The van der Waals surface area contributed by atoms with E-state index in [-0.39, 0.29) is 11.3 Å². The number of hydrogen-bond donors (Lipinski definition) is 1. The zero-order valence-corrected chi connectivity index (χ0v) is 13.3. The highest BCUT2D eigenvalue weighted by molar-refractivity contribution is 9.10. The molecule has 6 heteroatoms. The molecule has 1 aromatic heterocycles. The van der Waals surface area contributed by atoms with Gasteiger partial charge in [0, 0.05) is 21.6 Å². The quantitative estimate of drug-likeness (QED) is 0.717. The van der Waals surface area contributed by atoms with Crippen molar-refractivity contribution in [2.45, 2.75) is 5.92 Å². The van der Waals surface area contributed by atoms with Crippen LogP contribution in [0.3, 0.4) is 0 Å². The van der Waals surface area contributed by atoms with Gasteiger partial charge in [0.25, 0.3) is 5.91 Å². The number of carbonyl (C=O) groups is 1. The van der Waals surface area contributed by atoms with Crippen molar-refractivity contribution < 1.29 is 13.6 Å². The summed E-state index contributed by atoms with van der Waals surface area (Å²) in [5.74, 6) is -5.02. The third-order valence-electron chi connectivity index (χ3n) is 3.39. The molecule has 0 saturated heterocycles. The second-order valence-electron chi connectivity index (χ2n) is 4.89. The van der Waals surface area contributed by atoms with Crippen LogP contribution in [-0.2, 0) is 10.7 Å². The molecule has 3 nitrogen and oxygen atoms in total. The predicted molar refractivity (Wildman–Crippen MR) is 88.4 cm³/mol. The van der Waals surface area contributed by atoms with Gasteiger partial charge in [-0.15, -0.1) is 0 Å². The van der Waals surface area contributed by atoms with Crippen molar-refractivity contribution in [1.29, 1.82) is 0 Å². The van der Waals surface area contributed by atoms with Gasteiger partial charge in [0.05, 0.1) is 11.2 Å². The number of hydrogen-bond acceptors (Lipinski definition) is 2. The summed E-state index contributed by atoms with van der Waals surface area (Å²) in [5.41, 5.74) is 0.329. The lowest BCUT2D eigenvalue weighted by molar-refractivity contribution is -0.140. The average molecular weight is 377 g/mol. The standard InChI is InChI=1S/C17H11BrF2N2O/c18-13-8-9-14(15-12(13)7-4-10-21-15)22-16(23)17(19,20)11-5-2-1-3-6-11/h1-10H,(H,22,23). The number of fused-ring (bicyclic) bond motifs is 1. The summed E-state index contributed by atoms with van der Waals surface area (Å²) >= 11 is 3.37. The number of halogens is 3. The molecule has 0 aliphatic heterocycles. The van der Waals surface area contributed by atoms with Crippen LogP contribution in [0.2, 0.25) is 0 Å². The summed E-state index contributed by atoms with van der Waals surface area (Å²) in [6, 6.07) is 13.7. The molecule has 1 N–H and O–H groups in total. The van der Waals surface area contributed by atoms with Crippen LogP contribution >= 0.6 is 15.9 Å². The Morgan fingerprint density at radius 2 is 1.78 bits per heavy atom. The van der Waals surface area contributed by atoms with Crippen molar-refractivity contribution in [3.63, 3.8) is 0 Å². The van der Waals surface area contributed by atoms with E-state index in [2.05, 4.69) is 26.2 Å². The van der Waals surface area contributed by atoms with Crippen molar-refractivity contribution in [2.75, 3.05) is 5.32 Å². The lowest BCUT2D eigenvalue weighted by atomic mass is 10.1. The number of alkyl halides is 2. The Kier molecular flexibility index (Phi) is 4.09. The summed E-state index contributed by atoms with van der Waals surface area (Å²) in [5, 5.41) is 3.01. The number of amides is 1. The lowest BCUT2D eigenvalue weighted by Crippen LogP contribution is -2.32. The largest absolute Gasteiger partial charge is 0.350 e. The zero-order chi connectivity index (χ0) is 16.4. The highest BCUT2D eigenvalue weighted by Crippen LogP contribution is 2.32. The maximum atomic E-state index is 14.3. The van der Waals surface area contributed by atoms with E-state index >= 15 is 0 Å². The van der Waals surface area contributed by atoms with E-state index in [0.29, 0.717) is 5.52 Å².